The van der Waals surface area contributed by atoms with Crippen LogP contribution >= 0.6 is 0 Å². The minimum absolute atomic E-state index is 0.930. The van der Waals surface area contributed by atoms with Gasteiger partial charge >= 0.3 is 0 Å². The smallest absolute Gasteiger partial charge is 0.0971 e. The summed E-state index contributed by atoms with van der Waals surface area (Å²) in [6.45, 7) is 0. The Labute approximate surface area is 363 Å². The van der Waals surface area contributed by atoms with Crippen molar-refractivity contribution in [1.29, 1.82) is 0 Å². The summed E-state index contributed by atoms with van der Waals surface area (Å²) in [4.78, 5) is 9.61. The Morgan fingerprint density at radius 1 is 0.254 bits per heavy atom. The number of hydrogen-bond donors (Lipinski definition) is 0. The Kier molecular flexibility index (Phi) is 7.91. The standard InChI is InChI=1S/C60H37N3/c1-2-15-42(16-3-1)63-57-26-9-8-20-53(57)55-37-41(28-32-58(55)63)44-30-31-51(47-18-5-4-17-45(44)47)49-25-12-23-46-43(22-11-24-48(46)49)40-14-10-13-38(35-40)39-27-29-52-50-19-6-7-21-54(50)59-60(56(52)36-39)62-34-33-61-59/h1-37H. The lowest BCUT2D eigenvalue weighted by Gasteiger charge is -2.16. The fourth-order valence-corrected chi connectivity index (χ4v) is 10.3. The van der Waals surface area contributed by atoms with Crippen LogP contribution in [0.2, 0.25) is 0 Å². The zero-order chi connectivity index (χ0) is 41.4. The highest BCUT2D eigenvalue weighted by Crippen LogP contribution is 2.43. The third kappa shape index (κ3) is 5.53. The molecule has 13 aromatic rings. The lowest BCUT2D eigenvalue weighted by Crippen LogP contribution is -1.93. The first-order chi connectivity index (χ1) is 31.3. The van der Waals surface area contributed by atoms with Crippen LogP contribution < -0.4 is 0 Å². The molecule has 0 saturated carbocycles. The van der Waals surface area contributed by atoms with Crippen molar-refractivity contribution in [2.75, 3.05) is 0 Å². The van der Waals surface area contributed by atoms with Gasteiger partial charge in [0.25, 0.3) is 0 Å². The molecule has 0 spiro atoms. The van der Waals surface area contributed by atoms with E-state index in [9.17, 15) is 0 Å². The lowest BCUT2D eigenvalue weighted by molar-refractivity contribution is 1.18. The number of rotatable bonds is 5. The van der Waals surface area contributed by atoms with Crippen LogP contribution in [0.5, 0.6) is 0 Å². The third-order valence-corrected chi connectivity index (χ3v) is 13.1. The molecule has 2 aromatic heterocycles. The van der Waals surface area contributed by atoms with E-state index in [1.807, 2.05) is 0 Å². The molecule has 0 saturated heterocycles. The van der Waals surface area contributed by atoms with Gasteiger partial charge in [0.1, 0.15) is 0 Å². The highest BCUT2D eigenvalue weighted by molar-refractivity contribution is 6.23. The van der Waals surface area contributed by atoms with Crippen LogP contribution in [0.4, 0.5) is 0 Å². The van der Waals surface area contributed by atoms with E-state index in [-0.39, 0.29) is 0 Å². The number of benzene rings is 11. The summed E-state index contributed by atoms with van der Waals surface area (Å²) in [5, 5.41) is 12.1. The third-order valence-electron chi connectivity index (χ3n) is 13.1. The van der Waals surface area contributed by atoms with Gasteiger partial charge in [0.05, 0.1) is 22.1 Å². The van der Waals surface area contributed by atoms with Crippen molar-refractivity contribution in [1.82, 2.24) is 14.5 Å². The number of aromatic nitrogens is 3. The molecule has 0 N–H and O–H groups in total. The fourth-order valence-electron chi connectivity index (χ4n) is 10.3. The lowest BCUT2D eigenvalue weighted by atomic mass is 9.88. The quantitative estimate of drug-likeness (QED) is 0.162. The second-order valence-corrected chi connectivity index (χ2v) is 16.5. The number of nitrogens with zero attached hydrogens (tertiary/aromatic N) is 3. The highest BCUT2D eigenvalue weighted by Gasteiger charge is 2.17. The molecule has 0 aliphatic carbocycles. The number of para-hydroxylation sites is 2. The van der Waals surface area contributed by atoms with Crippen molar-refractivity contribution >= 4 is 75.9 Å². The van der Waals surface area contributed by atoms with Gasteiger partial charge in [-0.05, 0) is 119 Å². The van der Waals surface area contributed by atoms with Gasteiger partial charge in [0.15, 0.2) is 0 Å². The van der Waals surface area contributed by atoms with Crippen LogP contribution in [0, 0.1) is 0 Å². The van der Waals surface area contributed by atoms with Gasteiger partial charge in [0.2, 0.25) is 0 Å². The summed E-state index contributed by atoms with van der Waals surface area (Å²) in [5.74, 6) is 0. The van der Waals surface area contributed by atoms with E-state index < -0.39 is 0 Å². The largest absolute Gasteiger partial charge is 0.309 e. The molecule has 0 amide bonds. The molecule has 0 fully saturated rings. The van der Waals surface area contributed by atoms with Crippen LogP contribution in [0.15, 0.2) is 225 Å². The van der Waals surface area contributed by atoms with Gasteiger partial charge < -0.3 is 4.57 Å². The molecule has 0 bridgehead atoms. The Bertz CT molecular complexity index is 3940. The molecule has 0 unspecified atom stereocenters. The van der Waals surface area contributed by atoms with Crippen molar-refractivity contribution in [3.05, 3.63) is 225 Å². The minimum Gasteiger partial charge on any atom is -0.309 e. The first-order valence-corrected chi connectivity index (χ1v) is 21.6. The van der Waals surface area contributed by atoms with Crippen molar-refractivity contribution in [3.8, 4) is 50.2 Å². The van der Waals surface area contributed by atoms with Crippen molar-refractivity contribution in [2.45, 2.75) is 0 Å². The van der Waals surface area contributed by atoms with E-state index in [0.717, 1.165) is 32.9 Å². The zero-order valence-corrected chi connectivity index (χ0v) is 34.2. The SMILES string of the molecule is c1ccc(-n2c3ccccc3c3cc(-c4ccc(-c5cccc6c(-c7cccc(-c8ccc9c%10ccccc%10c%10nccnc%10c9c8)c7)cccc56)c5ccccc45)ccc32)cc1. The van der Waals surface area contributed by atoms with E-state index >= 15 is 0 Å². The molecular formula is C60H37N3. The molecule has 2 heterocycles. The summed E-state index contributed by atoms with van der Waals surface area (Å²) >= 11 is 0. The van der Waals surface area contributed by atoms with E-state index in [2.05, 4.69) is 217 Å². The van der Waals surface area contributed by atoms with Crippen LogP contribution in [0.3, 0.4) is 0 Å². The zero-order valence-electron chi connectivity index (χ0n) is 34.2. The van der Waals surface area contributed by atoms with Crippen LogP contribution in [0.25, 0.3) is 126 Å². The monoisotopic (exact) mass is 799 g/mol. The molecule has 13 rings (SSSR count). The molecule has 3 heteroatoms. The van der Waals surface area contributed by atoms with Crippen molar-refractivity contribution < 1.29 is 0 Å². The highest BCUT2D eigenvalue weighted by atomic mass is 15.0. The second-order valence-electron chi connectivity index (χ2n) is 16.5. The Morgan fingerprint density at radius 2 is 0.730 bits per heavy atom. The van der Waals surface area contributed by atoms with Crippen LogP contribution in [0.1, 0.15) is 0 Å². The van der Waals surface area contributed by atoms with Gasteiger partial charge in [-0.25, -0.2) is 0 Å². The normalized spacial score (nSPS) is 11.8. The molecule has 0 radical (unpaired) electrons. The molecule has 63 heavy (non-hydrogen) atoms. The Morgan fingerprint density at radius 3 is 1.52 bits per heavy atom. The van der Waals surface area contributed by atoms with Crippen LogP contribution in [-0.2, 0) is 0 Å². The molecule has 0 aliphatic rings. The van der Waals surface area contributed by atoms with E-state index in [0.29, 0.717) is 0 Å². The maximum absolute atomic E-state index is 4.83. The topological polar surface area (TPSA) is 30.7 Å². The Hall–Kier alpha value is -8.40. The maximum Gasteiger partial charge on any atom is 0.0971 e. The average Bonchev–Trinajstić information content (AvgIpc) is 3.69. The van der Waals surface area contributed by atoms with Crippen LogP contribution in [-0.4, -0.2) is 14.5 Å². The molecule has 0 atom stereocenters. The molecule has 3 nitrogen and oxygen atoms in total. The van der Waals surface area contributed by atoms with Gasteiger partial charge in [-0.3, -0.25) is 9.97 Å². The molecular weight excluding hydrogens is 763 g/mol. The van der Waals surface area contributed by atoms with Crippen molar-refractivity contribution in [2.24, 2.45) is 0 Å². The summed E-state index contributed by atoms with van der Waals surface area (Å²) in [6.07, 6.45) is 3.58. The van der Waals surface area contributed by atoms with Crippen molar-refractivity contribution in [3.63, 3.8) is 0 Å². The molecule has 0 aliphatic heterocycles. The van der Waals surface area contributed by atoms with E-state index in [4.69, 9.17) is 9.97 Å². The molecule has 11 aromatic carbocycles. The second kappa shape index (κ2) is 14.1. The maximum atomic E-state index is 4.83. The summed E-state index contributed by atoms with van der Waals surface area (Å²) < 4.78 is 2.38. The summed E-state index contributed by atoms with van der Waals surface area (Å²) in [5.41, 5.74) is 15.1. The van der Waals surface area contributed by atoms with Gasteiger partial charge in [-0.2, -0.15) is 0 Å². The Balaban J connectivity index is 0.919. The van der Waals surface area contributed by atoms with Gasteiger partial charge in [-0.15, -0.1) is 0 Å². The average molecular weight is 800 g/mol. The first kappa shape index (κ1) is 35.4. The summed E-state index contributed by atoms with van der Waals surface area (Å²) in [7, 11) is 0. The first-order valence-electron chi connectivity index (χ1n) is 21.6. The summed E-state index contributed by atoms with van der Waals surface area (Å²) in [6, 6.07) is 77.6. The fraction of sp³-hybridized carbons (Fsp3) is 0. The number of hydrogen-bond acceptors (Lipinski definition) is 2. The van der Waals surface area contributed by atoms with E-state index in [1.54, 1.807) is 12.4 Å². The van der Waals surface area contributed by atoms with Gasteiger partial charge in [0, 0.05) is 39.6 Å². The predicted octanol–water partition coefficient (Wildman–Crippen LogP) is 16.0. The van der Waals surface area contributed by atoms with E-state index in [1.165, 1.54) is 93.2 Å². The predicted molar refractivity (Wildman–Crippen MR) is 266 cm³/mol. The number of fused-ring (bicyclic) bond motifs is 11. The molecule has 292 valence electrons. The van der Waals surface area contributed by atoms with Gasteiger partial charge in [-0.1, -0.05) is 170 Å². The minimum atomic E-state index is 0.930.